The molecular formula is C7H14F3N. The first-order valence-electron chi connectivity index (χ1n) is 3.77. The van der Waals surface area contributed by atoms with Gasteiger partial charge in [-0.05, 0) is 12.3 Å². The van der Waals surface area contributed by atoms with E-state index in [-0.39, 0.29) is 6.54 Å². The predicted molar refractivity (Wildman–Crippen MR) is 38.1 cm³/mol. The Morgan fingerprint density at radius 1 is 1.36 bits per heavy atom. The van der Waals surface area contributed by atoms with Gasteiger partial charge in [0.15, 0.2) is 0 Å². The zero-order valence-corrected chi connectivity index (χ0v) is 6.83. The smallest absolute Gasteiger partial charge is 0.228 e. The molecule has 0 aliphatic carbocycles. The molecule has 0 amide bonds. The fraction of sp³-hybridized carbons (Fsp3) is 1.00. The zero-order chi connectivity index (χ0) is 8.91. The highest BCUT2D eigenvalue weighted by atomic mass is 19.4. The molecule has 0 rings (SSSR count). The minimum absolute atomic E-state index is 0.0263. The average molecular weight is 169 g/mol. The molecule has 68 valence electrons. The van der Waals surface area contributed by atoms with E-state index in [1.54, 1.807) is 0 Å². The summed E-state index contributed by atoms with van der Waals surface area (Å²) in [5.41, 5.74) is 0. The molecule has 0 fully saturated rings. The molecule has 0 unspecified atom stereocenters. The van der Waals surface area contributed by atoms with Crippen molar-refractivity contribution >= 4 is 0 Å². The molecule has 0 aromatic carbocycles. The molecule has 0 spiro atoms. The molecule has 0 saturated heterocycles. The van der Waals surface area contributed by atoms with E-state index in [1.165, 1.54) is 5.32 Å². The van der Waals surface area contributed by atoms with Crippen LogP contribution in [0.25, 0.3) is 0 Å². The standard InChI is InChI=1S/C7H14F3N/c1-3-6(2)4-5-11-7(8,9)10/h6,11H,3-5H2,1-2H3/t6-/m0/s1. The minimum Gasteiger partial charge on any atom is -0.228 e. The van der Waals surface area contributed by atoms with Crippen LogP contribution in [0.4, 0.5) is 13.2 Å². The summed E-state index contributed by atoms with van der Waals surface area (Å²) in [7, 11) is 0. The monoisotopic (exact) mass is 169 g/mol. The van der Waals surface area contributed by atoms with Crippen molar-refractivity contribution in [1.29, 1.82) is 0 Å². The topological polar surface area (TPSA) is 12.0 Å². The van der Waals surface area contributed by atoms with E-state index in [1.807, 2.05) is 13.8 Å². The third-order valence-corrected chi connectivity index (χ3v) is 1.66. The summed E-state index contributed by atoms with van der Waals surface area (Å²) in [5.74, 6) is 0.366. The summed E-state index contributed by atoms with van der Waals surface area (Å²) in [6.45, 7) is 3.94. The van der Waals surface area contributed by atoms with Crippen LogP contribution < -0.4 is 5.32 Å². The lowest BCUT2D eigenvalue weighted by atomic mass is 10.1. The summed E-state index contributed by atoms with van der Waals surface area (Å²) in [6, 6.07) is 0. The lowest BCUT2D eigenvalue weighted by molar-refractivity contribution is -0.157. The second kappa shape index (κ2) is 4.59. The maximum atomic E-state index is 11.5. The van der Waals surface area contributed by atoms with E-state index in [0.717, 1.165) is 6.42 Å². The lowest BCUT2D eigenvalue weighted by Gasteiger charge is -2.10. The second-order valence-electron chi connectivity index (χ2n) is 2.73. The molecule has 0 heterocycles. The SMILES string of the molecule is CC[C@H](C)CCNC(F)(F)F. The normalized spacial score (nSPS) is 15.0. The molecule has 0 saturated carbocycles. The number of hydrogen-bond donors (Lipinski definition) is 1. The van der Waals surface area contributed by atoms with Crippen molar-refractivity contribution in [2.75, 3.05) is 6.54 Å². The van der Waals surface area contributed by atoms with Crippen molar-refractivity contribution in [1.82, 2.24) is 5.32 Å². The van der Waals surface area contributed by atoms with Crippen LogP contribution in [0.2, 0.25) is 0 Å². The van der Waals surface area contributed by atoms with E-state index >= 15 is 0 Å². The molecule has 0 aromatic rings. The van der Waals surface area contributed by atoms with Crippen molar-refractivity contribution in [2.24, 2.45) is 5.92 Å². The van der Waals surface area contributed by atoms with Crippen molar-refractivity contribution in [3.8, 4) is 0 Å². The zero-order valence-electron chi connectivity index (χ0n) is 6.83. The molecule has 0 bridgehead atoms. The van der Waals surface area contributed by atoms with Gasteiger partial charge in [-0.2, -0.15) is 13.2 Å². The van der Waals surface area contributed by atoms with Crippen LogP contribution in [0, 0.1) is 5.92 Å². The Morgan fingerprint density at radius 2 is 1.91 bits per heavy atom. The van der Waals surface area contributed by atoms with E-state index in [2.05, 4.69) is 0 Å². The van der Waals surface area contributed by atoms with Crippen LogP contribution in [-0.2, 0) is 0 Å². The molecule has 1 nitrogen and oxygen atoms in total. The molecule has 0 aliphatic rings. The number of hydrogen-bond acceptors (Lipinski definition) is 1. The Bertz CT molecular complexity index is 100. The summed E-state index contributed by atoms with van der Waals surface area (Å²) >= 11 is 0. The highest BCUT2D eigenvalue weighted by molar-refractivity contribution is 4.54. The minimum atomic E-state index is -4.21. The van der Waals surface area contributed by atoms with E-state index in [9.17, 15) is 13.2 Å². The molecule has 4 heteroatoms. The van der Waals surface area contributed by atoms with Crippen molar-refractivity contribution in [3.05, 3.63) is 0 Å². The van der Waals surface area contributed by atoms with Crippen LogP contribution in [-0.4, -0.2) is 12.8 Å². The summed E-state index contributed by atoms with van der Waals surface area (Å²) in [5, 5.41) is 1.49. The highest BCUT2D eigenvalue weighted by Gasteiger charge is 2.25. The largest absolute Gasteiger partial charge is 0.457 e. The molecule has 11 heavy (non-hydrogen) atoms. The van der Waals surface area contributed by atoms with Gasteiger partial charge in [0.1, 0.15) is 0 Å². The van der Waals surface area contributed by atoms with Crippen molar-refractivity contribution < 1.29 is 13.2 Å². The van der Waals surface area contributed by atoms with Gasteiger partial charge in [0.2, 0.25) is 0 Å². The van der Waals surface area contributed by atoms with Crippen molar-refractivity contribution in [3.63, 3.8) is 0 Å². The Morgan fingerprint density at radius 3 is 2.27 bits per heavy atom. The highest BCUT2D eigenvalue weighted by Crippen LogP contribution is 2.11. The summed E-state index contributed by atoms with van der Waals surface area (Å²) < 4.78 is 34.5. The first-order chi connectivity index (χ1) is 4.95. The van der Waals surface area contributed by atoms with Gasteiger partial charge in [0.05, 0.1) is 0 Å². The van der Waals surface area contributed by atoms with Crippen LogP contribution in [0.1, 0.15) is 26.7 Å². The van der Waals surface area contributed by atoms with Gasteiger partial charge in [-0.1, -0.05) is 20.3 Å². The molecule has 1 atom stereocenters. The Balaban J connectivity index is 3.28. The first-order valence-corrected chi connectivity index (χ1v) is 3.77. The van der Waals surface area contributed by atoms with Gasteiger partial charge in [0, 0.05) is 6.54 Å². The second-order valence-corrected chi connectivity index (χ2v) is 2.73. The Labute approximate surface area is 65.0 Å². The van der Waals surface area contributed by atoms with Gasteiger partial charge < -0.3 is 0 Å². The van der Waals surface area contributed by atoms with Crippen LogP contribution in [0.3, 0.4) is 0 Å². The number of rotatable bonds is 4. The molecule has 0 radical (unpaired) electrons. The van der Waals surface area contributed by atoms with E-state index in [4.69, 9.17) is 0 Å². The third-order valence-electron chi connectivity index (χ3n) is 1.66. The Hall–Kier alpha value is -0.250. The van der Waals surface area contributed by atoms with E-state index in [0.29, 0.717) is 12.3 Å². The summed E-state index contributed by atoms with van der Waals surface area (Å²) in [6.07, 6.45) is -2.71. The first kappa shape index (κ1) is 10.8. The fourth-order valence-corrected chi connectivity index (χ4v) is 0.664. The Kier molecular flexibility index (Phi) is 4.49. The third kappa shape index (κ3) is 7.65. The molecule has 0 aromatic heterocycles. The predicted octanol–water partition coefficient (Wildman–Crippen LogP) is 2.53. The number of halogens is 3. The lowest BCUT2D eigenvalue weighted by Crippen LogP contribution is -2.32. The van der Waals surface area contributed by atoms with Gasteiger partial charge in [0.25, 0.3) is 0 Å². The maximum Gasteiger partial charge on any atom is 0.457 e. The van der Waals surface area contributed by atoms with Gasteiger partial charge in [-0.25, -0.2) is 5.32 Å². The fourth-order valence-electron chi connectivity index (χ4n) is 0.664. The van der Waals surface area contributed by atoms with E-state index < -0.39 is 6.30 Å². The molecular weight excluding hydrogens is 155 g/mol. The summed E-state index contributed by atoms with van der Waals surface area (Å²) in [4.78, 5) is 0. The quantitative estimate of drug-likeness (QED) is 0.637. The van der Waals surface area contributed by atoms with Crippen LogP contribution in [0.5, 0.6) is 0 Å². The van der Waals surface area contributed by atoms with Gasteiger partial charge in [-0.15, -0.1) is 0 Å². The van der Waals surface area contributed by atoms with Gasteiger partial charge >= 0.3 is 6.30 Å². The number of alkyl halides is 3. The van der Waals surface area contributed by atoms with Crippen LogP contribution >= 0.6 is 0 Å². The average Bonchev–Trinajstić information content (AvgIpc) is 1.85. The van der Waals surface area contributed by atoms with Gasteiger partial charge in [-0.3, -0.25) is 0 Å². The van der Waals surface area contributed by atoms with Crippen molar-refractivity contribution in [2.45, 2.75) is 33.0 Å². The number of nitrogens with one attached hydrogen (secondary N) is 1. The van der Waals surface area contributed by atoms with Crippen LogP contribution in [0.15, 0.2) is 0 Å². The molecule has 1 N–H and O–H groups in total. The maximum absolute atomic E-state index is 11.5. The molecule has 0 aliphatic heterocycles.